The van der Waals surface area contributed by atoms with Crippen LogP contribution in [0.1, 0.15) is 19.0 Å². The number of likely N-dealkylation sites (N-methyl/N-ethyl adjacent to an activating group) is 1. The second kappa shape index (κ2) is 5.28. The van der Waals surface area contributed by atoms with E-state index in [0.717, 1.165) is 37.6 Å². The van der Waals surface area contributed by atoms with E-state index in [1.54, 1.807) is 0 Å². The molecule has 1 saturated heterocycles. The van der Waals surface area contributed by atoms with Crippen molar-refractivity contribution in [3.8, 4) is 0 Å². The number of nitrogens with zero attached hydrogens (tertiary/aromatic N) is 4. The average molecular weight is 270 g/mol. The van der Waals surface area contributed by atoms with Crippen LogP contribution in [0.25, 0.3) is 0 Å². The molecule has 0 aliphatic carbocycles. The molecule has 1 atom stereocenters. The number of aromatic nitrogens is 2. The summed E-state index contributed by atoms with van der Waals surface area (Å²) in [5, 5.41) is 0.265. The summed E-state index contributed by atoms with van der Waals surface area (Å²) < 4.78 is 0. The van der Waals surface area contributed by atoms with Crippen molar-refractivity contribution in [3.05, 3.63) is 11.0 Å². The van der Waals surface area contributed by atoms with E-state index in [0.29, 0.717) is 11.7 Å². The number of hydrogen-bond acceptors (Lipinski definition) is 5. The van der Waals surface area contributed by atoms with E-state index in [1.807, 2.05) is 6.92 Å². The van der Waals surface area contributed by atoms with Crippen LogP contribution in [0.3, 0.4) is 0 Å². The number of hydrogen-bond donors (Lipinski definition) is 1. The Morgan fingerprint density at radius 2 is 2.06 bits per heavy atom. The van der Waals surface area contributed by atoms with Gasteiger partial charge in [-0.25, -0.2) is 4.98 Å². The third-order valence-electron chi connectivity index (χ3n) is 3.41. The molecule has 0 saturated carbocycles. The Morgan fingerprint density at radius 1 is 1.33 bits per heavy atom. The van der Waals surface area contributed by atoms with Crippen LogP contribution in [0.4, 0.5) is 11.5 Å². The first kappa shape index (κ1) is 13.4. The fraction of sp³-hybridized carbons (Fsp3) is 0.667. The smallest absolute Gasteiger partial charge is 0.224 e. The minimum absolute atomic E-state index is 0.265. The van der Waals surface area contributed by atoms with E-state index < -0.39 is 0 Å². The number of rotatable bonds is 1. The second-order valence-corrected chi connectivity index (χ2v) is 5.31. The molecule has 0 amide bonds. The summed E-state index contributed by atoms with van der Waals surface area (Å²) >= 11 is 5.94. The Kier molecular flexibility index (Phi) is 3.92. The molecule has 2 rings (SSSR count). The van der Waals surface area contributed by atoms with Crippen LogP contribution in [-0.2, 0) is 0 Å². The quantitative estimate of drug-likeness (QED) is 0.784. The number of halogens is 1. The van der Waals surface area contributed by atoms with Gasteiger partial charge >= 0.3 is 0 Å². The standard InChI is InChI=1S/C12H20ClN5/c1-8-7-17(3)5-4-6-18(8)11-10(14)9(2)15-12(13)16-11/h8H,4-7,14H2,1-3H3. The average Bonchev–Trinajstić information content (AvgIpc) is 2.45. The summed E-state index contributed by atoms with van der Waals surface area (Å²) in [4.78, 5) is 13.0. The van der Waals surface area contributed by atoms with Crippen LogP contribution in [0.2, 0.25) is 5.28 Å². The number of anilines is 2. The van der Waals surface area contributed by atoms with Crippen molar-refractivity contribution in [1.82, 2.24) is 14.9 Å². The number of aryl methyl sites for hydroxylation is 1. The topological polar surface area (TPSA) is 58.3 Å². The molecule has 0 bridgehead atoms. The summed E-state index contributed by atoms with van der Waals surface area (Å²) in [6, 6.07) is 0.366. The lowest BCUT2D eigenvalue weighted by Crippen LogP contribution is -2.39. The molecule has 100 valence electrons. The van der Waals surface area contributed by atoms with Crippen LogP contribution in [-0.4, -0.2) is 47.6 Å². The van der Waals surface area contributed by atoms with Gasteiger partial charge in [-0.3, -0.25) is 0 Å². The zero-order chi connectivity index (χ0) is 13.3. The van der Waals surface area contributed by atoms with E-state index in [1.165, 1.54) is 0 Å². The highest BCUT2D eigenvalue weighted by molar-refractivity contribution is 6.28. The van der Waals surface area contributed by atoms with Crippen LogP contribution in [0.5, 0.6) is 0 Å². The summed E-state index contributed by atoms with van der Waals surface area (Å²) in [5.74, 6) is 0.773. The first-order valence-corrected chi connectivity index (χ1v) is 6.61. The fourth-order valence-electron chi connectivity index (χ4n) is 2.44. The highest BCUT2D eigenvalue weighted by atomic mass is 35.5. The summed E-state index contributed by atoms with van der Waals surface area (Å²) in [6.07, 6.45) is 1.10. The minimum Gasteiger partial charge on any atom is -0.394 e. The molecule has 2 N–H and O–H groups in total. The van der Waals surface area contributed by atoms with Crippen molar-refractivity contribution in [2.24, 2.45) is 0 Å². The molecular weight excluding hydrogens is 250 g/mol. The van der Waals surface area contributed by atoms with Gasteiger partial charge in [-0.05, 0) is 45.5 Å². The molecule has 5 nitrogen and oxygen atoms in total. The molecule has 0 spiro atoms. The molecule has 1 aliphatic heterocycles. The first-order chi connectivity index (χ1) is 8.49. The van der Waals surface area contributed by atoms with Gasteiger partial charge in [-0.1, -0.05) is 0 Å². The monoisotopic (exact) mass is 269 g/mol. The zero-order valence-corrected chi connectivity index (χ0v) is 11.9. The van der Waals surface area contributed by atoms with Gasteiger partial charge in [0.1, 0.15) is 0 Å². The maximum absolute atomic E-state index is 6.09. The third kappa shape index (κ3) is 2.67. The molecule has 1 unspecified atom stereocenters. The van der Waals surface area contributed by atoms with Crippen molar-refractivity contribution in [1.29, 1.82) is 0 Å². The summed E-state index contributed by atoms with van der Waals surface area (Å²) in [7, 11) is 2.14. The predicted octanol–water partition coefficient (Wildman–Crippen LogP) is 1.55. The van der Waals surface area contributed by atoms with E-state index in [-0.39, 0.29) is 5.28 Å². The zero-order valence-electron chi connectivity index (χ0n) is 11.1. The normalized spacial score (nSPS) is 22.0. The van der Waals surface area contributed by atoms with Gasteiger partial charge < -0.3 is 15.5 Å². The van der Waals surface area contributed by atoms with Crippen molar-refractivity contribution in [2.45, 2.75) is 26.3 Å². The van der Waals surface area contributed by atoms with E-state index in [4.69, 9.17) is 17.3 Å². The second-order valence-electron chi connectivity index (χ2n) is 4.97. The molecular formula is C12H20ClN5. The Balaban J connectivity index is 2.35. The lowest BCUT2D eigenvalue weighted by molar-refractivity contribution is 0.337. The molecule has 2 heterocycles. The molecule has 18 heavy (non-hydrogen) atoms. The van der Waals surface area contributed by atoms with Crippen molar-refractivity contribution in [2.75, 3.05) is 37.3 Å². The molecule has 1 fully saturated rings. The molecule has 1 aliphatic rings. The van der Waals surface area contributed by atoms with Crippen LogP contribution in [0.15, 0.2) is 0 Å². The van der Waals surface area contributed by atoms with Crippen molar-refractivity contribution >= 4 is 23.1 Å². The van der Waals surface area contributed by atoms with E-state index in [2.05, 4.69) is 33.7 Å². The molecule has 1 aromatic heterocycles. The highest BCUT2D eigenvalue weighted by Crippen LogP contribution is 2.27. The maximum Gasteiger partial charge on any atom is 0.224 e. The summed E-state index contributed by atoms with van der Waals surface area (Å²) in [5.41, 5.74) is 7.47. The van der Waals surface area contributed by atoms with Gasteiger partial charge in [0.25, 0.3) is 0 Å². The maximum atomic E-state index is 6.09. The molecule has 6 heteroatoms. The van der Waals surface area contributed by atoms with Crippen molar-refractivity contribution < 1.29 is 0 Å². The van der Waals surface area contributed by atoms with Gasteiger partial charge in [0, 0.05) is 19.1 Å². The predicted molar refractivity (Wildman–Crippen MR) is 75.1 cm³/mol. The molecule has 0 radical (unpaired) electrons. The van der Waals surface area contributed by atoms with Crippen molar-refractivity contribution in [3.63, 3.8) is 0 Å². The van der Waals surface area contributed by atoms with E-state index >= 15 is 0 Å². The Morgan fingerprint density at radius 3 is 2.78 bits per heavy atom. The largest absolute Gasteiger partial charge is 0.394 e. The fourth-order valence-corrected chi connectivity index (χ4v) is 2.65. The van der Waals surface area contributed by atoms with Gasteiger partial charge in [0.05, 0.1) is 11.4 Å². The van der Waals surface area contributed by atoms with Crippen LogP contribution < -0.4 is 10.6 Å². The van der Waals surface area contributed by atoms with Gasteiger partial charge in [-0.2, -0.15) is 4.98 Å². The Bertz CT molecular complexity index is 437. The van der Waals surface area contributed by atoms with Gasteiger partial charge in [0.15, 0.2) is 5.82 Å². The van der Waals surface area contributed by atoms with Crippen LogP contribution >= 0.6 is 11.6 Å². The SMILES string of the molecule is Cc1nc(Cl)nc(N2CCCN(C)CC2C)c1N. The van der Waals surface area contributed by atoms with Gasteiger partial charge in [0.2, 0.25) is 5.28 Å². The molecule has 0 aromatic carbocycles. The number of nitrogens with two attached hydrogens (primary N) is 1. The lowest BCUT2D eigenvalue weighted by Gasteiger charge is -2.30. The summed E-state index contributed by atoms with van der Waals surface area (Å²) in [6.45, 7) is 7.09. The third-order valence-corrected chi connectivity index (χ3v) is 3.58. The minimum atomic E-state index is 0.265. The lowest BCUT2D eigenvalue weighted by atomic mass is 10.2. The molecule has 1 aromatic rings. The van der Waals surface area contributed by atoms with E-state index in [9.17, 15) is 0 Å². The van der Waals surface area contributed by atoms with Gasteiger partial charge in [-0.15, -0.1) is 0 Å². The Labute approximate surface area is 113 Å². The highest BCUT2D eigenvalue weighted by Gasteiger charge is 2.23. The first-order valence-electron chi connectivity index (χ1n) is 6.24. The Hall–Kier alpha value is -1.07. The van der Waals surface area contributed by atoms with Crippen LogP contribution in [0, 0.1) is 6.92 Å². The number of nitrogen functional groups attached to an aromatic ring is 1.